The van der Waals surface area contributed by atoms with E-state index in [-0.39, 0.29) is 23.9 Å². The van der Waals surface area contributed by atoms with E-state index in [2.05, 4.69) is 6.58 Å². The molecule has 0 aromatic rings. The Bertz CT molecular complexity index is 837. The summed E-state index contributed by atoms with van der Waals surface area (Å²) in [5.74, 6) is -1.40. The standard InChI is InChI=1S/C20H22O7/c1-9-6-13(25-18(23)20(5)11(3)26-20)16-10(2)17(22)24-14(16)8-19(4)15(21)7-12(9)27-19/h6-7,11,13-14,16H,2,8H2,1,3-5H3/b9-6-/t11-,13-,14-,16-,19+,20+/m1/s1. The van der Waals surface area contributed by atoms with Gasteiger partial charge in [0.1, 0.15) is 18.0 Å². The smallest absolute Gasteiger partial charge is 0.341 e. The first-order valence-electron chi connectivity index (χ1n) is 8.98. The van der Waals surface area contributed by atoms with E-state index in [1.54, 1.807) is 33.8 Å². The lowest BCUT2D eigenvalue weighted by Crippen LogP contribution is -2.42. The van der Waals surface area contributed by atoms with Crippen molar-refractivity contribution >= 4 is 17.7 Å². The van der Waals surface area contributed by atoms with Gasteiger partial charge in [-0.15, -0.1) is 0 Å². The first-order chi connectivity index (χ1) is 12.5. The molecule has 7 nitrogen and oxygen atoms in total. The molecule has 0 saturated carbocycles. The summed E-state index contributed by atoms with van der Waals surface area (Å²) in [4.78, 5) is 37.2. The molecule has 4 aliphatic heterocycles. The van der Waals surface area contributed by atoms with Gasteiger partial charge in [0.05, 0.1) is 12.0 Å². The Morgan fingerprint density at radius 2 is 2.00 bits per heavy atom. The number of epoxide rings is 1. The van der Waals surface area contributed by atoms with E-state index < -0.39 is 41.3 Å². The van der Waals surface area contributed by atoms with Crippen LogP contribution in [-0.4, -0.2) is 47.2 Å². The topological polar surface area (TPSA) is 91.4 Å². The number of ketones is 1. The molecule has 6 atom stereocenters. The molecule has 0 N–H and O–H groups in total. The molecule has 4 heterocycles. The van der Waals surface area contributed by atoms with Crippen molar-refractivity contribution in [2.45, 2.75) is 63.6 Å². The highest BCUT2D eigenvalue weighted by Crippen LogP contribution is 2.44. The van der Waals surface area contributed by atoms with Gasteiger partial charge in [-0.25, -0.2) is 9.59 Å². The highest BCUT2D eigenvalue weighted by molar-refractivity contribution is 6.00. The molecule has 0 aromatic carbocycles. The van der Waals surface area contributed by atoms with Crippen LogP contribution in [0.2, 0.25) is 0 Å². The fraction of sp³-hybridized carbons (Fsp3) is 0.550. The summed E-state index contributed by atoms with van der Waals surface area (Å²) >= 11 is 0. The molecule has 144 valence electrons. The summed E-state index contributed by atoms with van der Waals surface area (Å²) in [6.07, 6.45) is 1.58. The Morgan fingerprint density at radius 3 is 2.63 bits per heavy atom. The van der Waals surface area contributed by atoms with Gasteiger partial charge in [0.25, 0.3) is 0 Å². The Labute approximate surface area is 157 Å². The van der Waals surface area contributed by atoms with Crippen LogP contribution in [0.15, 0.2) is 35.6 Å². The van der Waals surface area contributed by atoms with E-state index in [4.69, 9.17) is 18.9 Å². The van der Waals surface area contributed by atoms with Crippen molar-refractivity contribution in [2.24, 2.45) is 5.92 Å². The Balaban J connectivity index is 1.73. The molecule has 2 bridgehead atoms. The maximum atomic E-state index is 12.6. The Hall–Kier alpha value is -2.41. The molecular weight excluding hydrogens is 352 g/mol. The summed E-state index contributed by atoms with van der Waals surface area (Å²) in [5, 5.41) is 0. The molecule has 0 aromatic heterocycles. The van der Waals surface area contributed by atoms with Gasteiger partial charge in [0.15, 0.2) is 11.2 Å². The number of esters is 2. The normalized spacial score (nSPS) is 44.7. The van der Waals surface area contributed by atoms with Crippen LogP contribution in [0.1, 0.15) is 34.1 Å². The molecule has 2 saturated heterocycles. The van der Waals surface area contributed by atoms with Crippen LogP contribution in [0.3, 0.4) is 0 Å². The quantitative estimate of drug-likeness (QED) is 0.413. The van der Waals surface area contributed by atoms with Gasteiger partial charge in [0.2, 0.25) is 5.78 Å². The van der Waals surface area contributed by atoms with E-state index in [9.17, 15) is 14.4 Å². The van der Waals surface area contributed by atoms with Crippen LogP contribution >= 0.6 is 0 Å². The number of rotatable bonds is 2. The second-order valence-electron chi connectivity index (χ2n) is 7.99. The molecular formula is C20H22O7. The van der Waals surface area contributed by atoms with Crippen LogP contribution < -0.4 is 0 Å². The van der Waals surface area contributed by atoms with Gasteiger partial charge in [-0.1, -0.05) is 6.58 Å². The Morgan fingerprint density at radius 1 is 1.33 bits per heavy atom. The fourth-order valence-corrected chi connectivity index (χ4v) is 3.87. The summed E-state index contributed by atoms with van der Waals surface area (Å²) in [7, 11) is 0. The molecule has 7 heteroatoms. The monoisotopic (exact) mass is 374 g/mol. The number of hydrogen-bond donors (Lipinski definition) is 0. The van der Waals surface area contributed by atoms with E-state index in [1.807, 2.05) is 0 Å². The summed E-state index contributed by atoms with van der Waals surface area (Å²) in [6, 6.07) is 0. The first kappa shape index (κ1) is 18.0. The maximum absolute atomic E-state index is 12.6. The van der Waals surface area contributed by atoms with Crippen LogP contribution in [0, 0.1) is 5.92 Å². The van der Waals surface area contributed by atoms with E-state index in [0.717, 1.165) is 0 Å². The highest BCUT2D eigenvalue weighted by atomic mass is 16.7. The molecule has 0 amide bonds. The van der Waals surface area contributed by atoms with Gasteiger partial charge >= 0.3 is 11.9 Å². The fourth-order valence-electron chi connectivity index (χ4n) is 3.87. The molecule has 27 heavy (non-hydrogen) atoms. The largest absolute Gasteiger partial charge is 0.479 e. The third-order valence-corrected chi connectivity index (χ3v) is 5.98. The SMILES string of the molecule is C=C1C(=O)O[C@@H]2C[C@]3(C)OC(=CC3=O)/C(C)=C\[C@@H](OC(=O)[C@@]3(C)O[C@@H]3C)[C@@H]12. The molecule has 0 spiro atoms. The Kier molecular flexibility index (Phi) is 3.69. The molecule has 4 rings (SSSR count). The minimum atomic E-state index is -1.13. The number of ether oxygens (including phenoxy) is 4. The second kappa shape index (κ2) is 5.55. The highest BCUT2D eigenvalue weighted by Gasteiger charge is 2.59. The summed E-state index contributed by atoms with van der Waals surface area (Å²) < 4.78 is 22.4. The summed E-state index contributed by atoms with van der Waals surface area (Å²) in [5.41, 5.74) is -1.25. The van der Waals surface area contributed by atoms with Gasteiger partial charge in [-0.3, -0.25) is 4.79 Å². The van der Waals surface area contributed by atoms with Crippen molar-refractivity contribution in [3.8, 4) is 0 Å². The predicted octanol–water partition coefficient (Wildman–Crippen LogP) is 1.77. The molecule has 0 aliphatic carbocycles. The minimum Gasteiger partial charge on any atom is -0.479 e. The van der Waals surface area contributed by atoms with Crippen molar-refractivity contribution in [3.05, 3.63) is 35.6 Å². The first-order valence-corrected chi connectivity index (χ1v) is 8.98. The number of hydrogen-bond acceptors (Lipinski definition) is 7. The zero-order valence-corrected chi connectivity index (χ0v) is 15.7. The minimum absolute atomic E-state index is 0.153. The van der Waals surface area contributed by atoms with Gasteiger partial charge in [-0.05, 0) is 39.3 Å². The van der Waals surface area contributed by atoms with Crippen LogP contribution in [-0.2, 0) is 33.3 Å². The van der Waals surface area contributed by atoms with Gasteiger partial charge < -0.3 is 18.9 Å². The molecule has 0 unspecified atom stereocenters. The number of carbonyl (C=O) groups is 3. The molecule has 0 radical (unpaired) electrons. The average molecular weight is 374 g/mol. The summed E-state index contributed by atoms with van der Waals surface area (Å²) in [6.45, 7) is 10.7. The van der Waals surface area contributed by atoms with Crippen LogP contribution in [0.5, 0.6) is 0 Å². The third kappa shape index (κ3) is 2.64. The number of fused-ring (bicyclic) bond motifs is 3. The average Bonchev–Trinajstić information content (AvgIpc) is 2.94. The van der Waals surface area contributed by atoms with Crippen molar-refractivity contribution in [3.63, 3.8) is 0 Å². The lowest BCUT2D eigenvalue weighted by molar-refractivity contribution is -0.156. The van der Waals surface area contributed by atoms with Crippen LogP contribution in [0.25, 0.3) is 0 Å². The lowest BCUT2D eigenvalue weighted by atomic mass is 9.83. The van der Waals surface area contributed by atoms with Gasteiger partial charge in [-0.2, -0.15) is 0 Å². The van der Waals surface area contributed by atoms with Crippen molar-refractivity contribution in [1.29, 1.82) is 0 Å². The predicted molar refractivity (Wildman–Crippen MR) is 92.3 cm³/mol. The van der Waals surface area contributed by atoms with Crippen molar-refractivity contribution < 1.29 is 33.3 Å². The lowest BCUT2D eigenvalue weighted by Gasteiger charge is -2.29. The van der Waals surface area contributed by atoms with Crippen molar-refractivity contribution in [1.82, 2.24) is 0 Å². The van der Waals surface area contributed by atoms with Crippen LogP contribution in [0.4, 0.5) is 0 Å². The molecule has 2 fully saturated rings. The zero-order valence-electron chi connectivity index (χ0n) is 15.7. The third-order valence-electron chi connectivity index (χ3n) is 5.98. The van der Waals surface area contributed by atoms with E-state index >= 15 is 0 Å². The second-order valence-corrected chi connectivity index (χ2v) is 7.99. The molecule has 4 aliphatic rings. The van der Waals surface area contributed by atoms with Crippen molar-refractivity contribution in [2.75, 3.05) is 0 Å². The number of allylic oxidation sites excluding steroid dienone is 1. The zero-order chi connectivity index (χ0) is 19.7. The van der Waals surface area contributed by atoms with E-state index in [1.165, 1.54) is 6.08 Å². The van der Waals surface area contributed by atoms with Gasteiger partial charge in [0, 0.05) is 18.1 Å². The maximum Gasteiger partial charge on any atom is 0.341 e. The van der Waals surface area contributed by atoms with E-state index in [0.29, 0.717) is 11.3 Å². The number of carbonyl (C=O) groups excluding carboxylic acids is 3.